The minimum absolute atomic E-state index is 0.00265. The zero-order chi connectivity index (χ0) is 20.8. The van der Waals surface area contributed by atoms with Gasteiger partial charge in [0.15, 0.2) is 0 Å². The van der Waals surface area contributed by atoms with Crippen LogP contribution >= 0.6 is 11.3 Å². The molecule has 1 fully saturated rings. The molecule has 2 N–H and O–H groups in total. The van der Waals surface area contributed by atoms with Crippen molar-refractivity contribution in [3.8, 4) is 10.6 Å². The molecule has 3 rings (SSSR count). The third-order valence-corrected chi connectivity index (χ3v) is 6.58. The van der Waals surface area contributed by atoms with Gasteiger partial charge in [0.1, 0.15) is 11.0 Å². The fourth-order valence-electron chi connectivity index (χ4n) is 3.69. The van der Waals surface area contributed by atoms with Gasteiger partial charge < -0.3 is 5.32 Å². The number of rotatable bonds is 7. The maximum Gasteiger partial charge on any atom is 0.249 e. The van der Waals surface area contributed by atoms with E-state index in [2.05, 4.69) is 20.8 Å². The maximum atomic E-state index is 12.9. The highest BCUT2D eigenvalue weighted by Crippen LogP contribution is 2.28. The molecule has 1 aromatic carbocycles. The van der Waals surface area contributed by atoms with E-state index in [1.807, 2.05) is 45.0 Å². The zero-order valence-electron chi connectivity index (χ0n) is 17.4. The Labute approximate surface area is 176 Å². The number of carbonyl (C=O) groups excluding carboxylic acids is 2. The van der Waals surface area contributed by atoms with Crippen LogP contribution in [0.2, 0.25) is 0 Å². The minimum atomic E-state index is -0.569. The van der Waals surface area contributed by atoms with Gasteiger partial charge in [-0.3, -0.25) is 14.9 Å². The summed E-state index contributed by atoms with van der Waals surface area (Å²) >= 11 is 1.34. The second-order valence-electron chi connectivity index (χ2n) is 7.98. The largest absolute Gasteiger partial charge is 0.344 e. The number of hydrogen-bond donors (Lipinski definition) is 2. The van der Waals surface area contributed by atoms with E-state index in [0.29, 0.717) is 5.13 Å². The topological polar surface area (TPSA) is 84.0 Å². The van der Waals surface area contributed by atoms with Gasteiger partial charge in [-0.05, 0) is 31.7 Å². The third kappa shape index (κ3) is 5.63. The Bertz CT molecular complexity index is 845. The first-order chi connectivity index (χ1) is 14.0. The molecule has 1 aliphatic rings. The predicted octanol–water partition coefficient (Wildman–Crippen LogP) is 4.56. The average Bonchev–Trinajstić information content (AvgIpc) is 3.20. The van der Waals surface area contributed by atoms with Crippen molar-refractivity contribution in [2.45, 2.75) is 65.3 Å². The van der Waals surface area contributed by atoms with E-state index in [9.17, 15) is 9.59 Å². The molecule has 2 atom stereocenters. The summed E-state index contributed by atoms with van der Waals surface area (Å²) in [6.07, 6.45) is 6.00. The smallest absolute Gasteiger partial charge is 0.249 e. The summed E-state index contributed by atoms with van der Waals surface area (Å²) in [4.78, 5) is 25.6. The molecule has 0 spiro atoms. The van der Waals surface area contributed by atoms with Crippen LogP contribution in [-0.2, 0) is 9.59 Å². The molecule has 156 valence electrons. The molecule has 7 heteroatoms. The van der Waals surface area contributed by atoms with Gasteiger partial charge in [0.2, 0.25) is 16.9 Å². The van der Waals surface area contributed by atoms with Crippen molar-refractivity contribution in [1.29, 1.82) is 0 Å². The Morgan fingerprint density at radius 2 is 1.97 bits per heavy atom. The molecular weight excluding hydrogens is 384 g/mol. The number of aryl methyl sites for hydroxylation is 1. The van der Waals surface area contributed by atoms with E-state index in [4.69, 9.17) is 0 Å². The van der Waals surface area contributed by atoms with Crippen LogP contribution in [0, 0.1) is 18.8 Å². The number of hydrogen-bond acceptors (Lipinski definition) is 5. The fraction of sp³-hybridized carbons (Fsp3) is 0.545. The Morgan fingerprint density at radius 1 is 1.21 bits per heavy atom. The average molecular weight is 415 g/mol. The van der Waals surface area contributed by atoms with Gasteiger partial charge in [-0.15, -0.1) is 10.2 Å². The lowest BCUT2D eigenvalue weighted by molar-refractivity contribution is -0.130. The Kier molecular flexibility index (Phi) is 7.36. The summed E-state index contributed by atoms with van der Waals surface area (Å²) in [5.74, 6) is -0.164. The van der Waals surface area contributed by atoms with Crippen molar-refractivity contribution in [1.82, 2.24) is 15.5 Å². The van der Waals surface area contributed by atoms with Crippen LogP contribution in [0.4, 0.5) is 5.13 Å². The normalized spacial score (nSPS) is 16.8. The van der Waals surface area contributed by atoms with Gasteiger partial charge in [0, 0.05) is 11.5 Å². The third-order valence-electron chi connectivity index (χ3n) is 5.69. The van der Waals surface area contributed by atoms with Crippen molar-refractivity contribution < 1.29 is 9.59 Å². The van der Waals surface area contributed by atoms with Gasteiger partial charge in [0.25, 0.3) is 0 Å². The Morgan fingerprint density at radius 3 is 2.66 bits per heavy atom. The fourth-order valence-corrected chi connectivity index (χ4v) is 4.43. The highest BCUT2D eigenvalue weighted by molar-refractivity contribution is 7.18. The first-order valence-corrected chi connectivity index (χ1v) is 11.3. The van der Waals surface area contributed by atoms with E-state index in [1.165, 1.54) is 17.8 Å². The summed E-state index contributed by atoms with van der Waals surface area (Å²) in [6, 6.07) is 7.45. The van der Waals surface area contributed by atoms with Gasteiger partial charge in [0.05, 0.1) is 0 Å². The number of benzene rings is 1. The van der Waals surface area contributed by atoms with E-state index in [-0.39, 0.29) is 23.7 Å². The SMILES string of the molecule is CCC(C)C(NC(=O)C1CCCCC1)C(=O)Nc1nnc(-c2cccc(C)c2)s1. The van der Waals surface area contributed by atoms with Crippen molar-refractivity contribution in [3.05, 3.63) is 29.8 Å². The van der Waals surface area contributed by atoms with E-state index >= 15 is 0 Å². The minimum Gasteiger partial charge on any atom is -0.344 e. The molecule has 0 saturated heterocycles. The van der Waals surface area contributed by atoms with Crippen LogP contribution < -0.4 is 10.6 Å². The second kappa shape index (κ2) is 9.96. The zero-order valence-corrected chi connectivity index (χ0v) is 18.2. The standard InChI is InChI=1S/C22H30N4O2S/c1-4-15(3)18(23-19(27)16-10-6-5-7-11-16)20(28)24-22-26-25-21(29-22)17-12-8-9-14(2)13-17/h8-9,12-13,15-16,18H,4-7,10-11H2,1-3H3,(H,23,27)(H,24,26,28). The first-order valence-electron chi connectivity index (χ1n) is 10.5. The Hall–Kier alpha value is -2.28. The van der Waals surface area contributed by atoms with Crippen LogP contribution in [-0.4, -0.2) is 28.1 Å². The lowest BCUT2D eigenvalue weighted by atomic mass is 9.88. The van der Waals surface area contributed by atoms with Crippen LogP contribution in [0.1, 0.15) is 57.9 Å². The van der Waals surface area contributed by atoms with Gasteiger partial charge in [-0.1, -0.05) is 74.6 Å². The second-order valence-corrected chi connectivity index (χ2v) is 8.96. The quantitative estimate of drug-likeness (QED) is 0.695. The molecule has 0 radical (unpaired) electrons. The molecular formula is C22H30N4O2S. The van der Waals surface area contributed by atoms with E-state index in [1.54, 1.807) is 0 Å². The van der Waals surface area contributed by atoms with Crippen molar-refractivity contribution in [3.63, 3.8) is 0 Å². The van der Waals surface area contributed by atoms with E-state index in [0.717, 1.165) is 48.2 Å². The van der Waals surface area contributed by atoms with Crippen molar-refractivity contribution in [2.75, 3.05) is 5.32 Å². The van der Waals surface area contributed by atoms with Crippen molar-refractivity contribution in [2.24, 2.45) is 11.8 Å². The number of amides is 2. The molecule has 0 aliphatic heterocycles. The Balaban J connectivity index is 1.67. The lowest BCUT2D eigenvalue weighted by Crippen LogP contribution is -2.49. The molecule has 29 heavy (non-hydrogen) atoms. The van der Waals surface area contributed by atoms with Crippen LogP contribution in [0.25, 0.3) is 10.6 Å². The summed E-state index contributed by atoms with van der Waals surface area (Å²) < 4.78 is 0. The molecule has 1 heterocycles. The lowest BCUT2D eigenvalue weighted by Gasteiger charge is -2.27. The molecule has 1 saturated carbocycles. The molecule has 2 amide bonds. The number of nitrogens with zero attached hydrogens (tertiary/aromatic N) is 2. The summed E-state index contributed by atoms with van der Waals surface area (Å²) in [6.45, 7) is 6.04. The number of anilines is 1. The highest BCUT2D eigenvalue weighted by Gasteiger charge is 2.30. The monoisotopic (exact) mass is 414 g/mol. The molecule has 1 aromatic heterocycles. The van der Waals surface area contributed by atoms with Gasteiger partial charge >= 0.3 is 0 Å². The number of nitrogens with one attached hydrogen (secondary N) is 2. The highest BCUT2D eigenvalue weighted by atomic mass is 32.1. The molecule has 6 nitrogen and oxygen atoms in total. The summed E-state index contributed by atoms with van der Waals surface area (Å²) in [7, 11) is 0. The maximum absolute atomic E-state index is 12.9. The predicted molar refractivity (Wildman–Crippen MR) is 117 cm³/mol. The van der Waals surface area contributed by atoms with Gasteiger partial charge in [-0.25, -0.2) is 0 Å². The number of aromatic nitrogens is 2. The first kappa shape index (κ1) is 21.4. The molecule has 0 bridgehead atoms. The molecule has 1 aliphatic carbocycles. The van der Waals surface area contributed by atoms with Crippen LogP contribution in [0.5, 0.6) is 0 Å². The summed E-state index contributed by atoms with van der Waals surface area (Å²) in [5, 5.41) is 15.4. The van der Waals surface area contributed by atoms with Crippen molar-refractivity contribution >= 4 is 28.3 Å². The number of carbonyl (C=O) groups is 2. The van der Waals surface area contributed by atoms with Gasteiger partial charge in [-0.2, -0.15) is 0 Å². The van der Waals surface area contributed by atoms with Crippen LogP contribution in [0.3, 0.4) is 0 Å². The van der Waals surface area contributed by atoms with E-state index < -0.39 is 6.04 Å². The molecule has 2 unspecified atom stereocenters. The summed E-state index contributed by atoms with van der Waals surface area (Å²) in [5.41, 5.74) is 2.12. The molecule has 2 aromatic rings. The van der Waals surface area contributed by atoms with Crippen LogP contribution in [0.15, 0.2) is 24.3 Å².